The third-order valence-electron chi connectivity index (χ3n) is 4.56. The van der Waals surface area contributed by atoms with E-state index < -0.39 is 0 Å². The lowest BCUT2D eigenvalue weighted by Gasteiger charge is -2.37. The fourth-order valence-electron chi connectivity index (χ4n) is 3.08. The van der Waals surface area contributed by atoms with E-state index in [4.69, 9.17) is 9.72 Å². The summed E-state index contributed by atoms with van der Waals surface area (Å²) in [5.41, 5.74) is 1.05. The van der Waals surface area contributed by atoms with Crippen LogP contribution in [0.1, 0.15) is 76.5 Å². The lowest BCUT2D eigenvalue weighted by Crippen LogP contribution is -2.34. The molecule has 21 heavy (non-hydrogen) atoms. The molecule has 1 aromatic heterocycles. The Balaban J connectivity index is 2.12. The Morgan fingerprint density at radius 3 is 2.76 bits per heavy atom. The molecular weight excluding hydrogens is 280 g/mol. The number of hydrogen-bond donors (Lipinski definition) is 1. The molecule has 1 unspecified atom stereocenters. The molecule has 3 nitrogen and oxygen atoms in total. The number of aromatic nitrogens is 1. The maximum absolute atomic E-state index is 6.21. The summed E-state index contributed by atoms with van der Waals surface area (Å²) in [7, 11) is 0. The normalized spacial score (nSPS) is 27.7. The van der Waals surface area contributed by atoms with Gasteiger partial charge >= 0.3 is 0 Å². The minimum Gasteiger partial charge on any atom is -0.368 e. The molecule has 4 heteroatoms. The topological polar surface area (TPSA) is 34.1 Å². The van der Waals surface area contributed by atoms with E-state index in [-0.39, 0.29) is 5.60 Å². The van der Waals surface area contributed by atoms with Crippen molar-refractivity contribution in [3.05, 3.63) is 16.1 Å². The first-order valence-electron chi connectivity index (χ1n) is 8.44. The Hall–Kier alpha value is -0.450. The van der Waals surface area contributed by atoms with Crippen molar-refractivity contribution in [2.45, 2.75) is 71.4 Å². The van der Waals surface area contributed by atoms with Gasteiger partial charge in [0.1, 0.15) is 10.6 Å². The predicted molar refractivity (Wildman–Crippen MR) is 89.8 cm³/mol. The van der Waals surface area contributed by atoms with Crippen LogP contribution in [-0.4, -0.2) is 18.1 Å². The highest BCUT2D eigenvalue weighted by Crippen LogP contribution is 2.43. The Morgan fingerprint density at radius 1 is 1.43 bits per heavy atom. The molecule has 0 aromatic carbocycles. The molecule has 0 bridgehead atoms. The molecule has 1 fully saturated rings. The molecule has 120 valence electrons. The van der Waals surface area contributed by atoms with Crippen molar-refractivity contribution >= 4 is 11.3 Å². The van der Waals surface area contributed by atoms with Gasteiger partial charge in [0.05, 0.1) is 5.69 Å². The van der Waals surface area contributed by atoms with Gasteiger partial charge in [-0.05, 0) is 58.4 Å². The van der Waals surface area contributed by atoms with E-state index in [0.717, 1.165) is 38.3 Å². The van der Waals surface area contributed by atoms with Crippen LogP contribution in [0.5, 0.6) is 0 Å². The van der Waals surface area contributed by atoms with Crippen LogP contribution in [-0.2, 0) is 10.3 Å². The maximum Gasteiger partial charge on any atom is 0.125 e. The van der Waals surface area contributed by atoms with Crippen LogP contribution < -0.4 is 5.32 Å². The number of nitrogens with one attached hydrogen (secondary N) is 1. The van der Waals surface area contributed by atoms with Crippen LogP contribution in [0.4, 0.5) is 0 Å². The van der Waals surface area contributed by atoms with Crippen LogP contribution in [0.15, 0.2) is 5.38 Å². The zero-order chi connectivity index (χ0) is 15.3. The molecule has 1 aliphatic rings. The first-order valence-corrected chi connectivity index (χ1v) is 9.32. The molecule has 0 radical (unpaired) electrons. The van der Waals surface area contributed by atoms with E-state index in [1.54, 1.807) is 11.3 Å². The average Bonchev–Trinajstić information content (AvgIpc) is 2.98. The lowest BCUT2D eigenvalue weighted by atomic mass is 9.79. The first kappa shape index (κ1) is 16.9. The predicted octanol–water partition coefficient (Wildman–Crippen LogP) is 4.65. The molecule has 2 rings (SSSR count). The summed E-state index contributed by atoms with van der Waals surface area (Å²) >= 11 is 1.78. The van der Waals surface area contributed by atoms with Crippen LogP contribution in [0.25, 0.3) is 0 Å². The summed E-state index contributed by atoms with van der Waals surface area (Å²) in [5.74, 6) is 0.822. The number of hydrogen-bond acceptors (Lipinski definition) is 4. The molecule has 0 spiro atoms. The van der Waals surface area contributed by atoms with Gasteiger partial charge in [-0.1, -0.05) is 13.8 Å². The quantitative estimate of drug-likeness (QED) is 0.796. The third-order valence-corrected chi connectivity index (χ3v) is 5.60. The van der Waals surface area contributed by atoms with Gasteiger partial charge in [-0.15, -0.1) is 11.3 Å². The van der Waals surface area contributed by atoms with Gasteiger partial charge in [-0.25, -0.2) is 4.98 Å². The molecular formula is C17H30N2OS. The van der Waals surface area contributed by atoms with Gasteiger partial charge in [-0.2, -0.15) is 0 Å². The van der Waals surface area contributed by atoms with E-state index >= 15 is 0 Å². The van der Waals surface area contributed by atoms with Gasteiger partial charge in [0.25, 0.3) is 0 Å². The molecule has 0 aliphatic heterocycles. The SMILES string of the molecule is CCCNC(C)c1csc(C2(OCC)CCC(C)CC2)n1. The van der Waals surface area contributed by atoms with Crippen molar-refractivity contribution in [2.75, 3.05) is 13.2 Å². The Kier molecular flexibility index (Phi) is 6.20. The van der Waals surface area contributed by atoms with E-state index in [2.05, 4.69) is 38.4 Å². The highest BCUT2D eigenvalue weighted by atomic mass is 32.1. The van der Waals surface area contributed by atoms with Crippen molar-refractivity contribution in [1.82, 2.24) is 10.3 Å². The highest BCUT2D eigenvalue weighted by molar-refractivity contribution is 7.09. The van der Waals surface area contributed by atoms with Crippen molar-refractivity contribution in [1.29, 1.82) is 0 Å². The highest BCUT2D eigenvalue weighted by Gasteiger charge is 2.39. The van der Waals surface area contributed by atoms with Crippen LogP contribution in [0, 0.1) is 5.92 Å². The number of thiazole rings is 1. The second kappa shape index (κ2) is 7.70. The Labute approximate surface area is 133 Å². The number of ether oxygens (including phenoxy) is 1. The molecule has 0 amide bonds. The smallest absolute Gasteiger partial charge is 0.125 e. The van der Waals surface area contributed by atoms with Crippen molar-refractivity contribution < 1.29 is 4.74 Å². The second-order valence-electron chi connectivity index (χ2n) is 6.36. The summed E-state index contributed by atoms with van der Waals surface area (Å²) in [6, 6.07) is 0.330. The minimum absolute atomic E-state index is 0.116. The lowest BCUT2D eigenvalue weighted by molar-refractivity contribution is -0.0777. The van der Waals surface area contributed by atoms with Crippen LogP contribution >= 0.6 is 11.3 Å². The monoisotopic (exact) mass is 310 g/mol. The minimum atomic E-state index is -0.116. The molecule has 1 heterocycles. The van der Waals surface area contributed by atoms with Crippen molar-refractivity contribution in [2.24, 2.45) is 5.92 Å². The Bertz CT molecular complexity index is 424. The summed E-state index contributed by atoms with van der Waals surface area (Å²) < 4.78 is 6.21. The fraction of sp³-hybridized carbons (Fsp3) is 0.824. The molecule has 1 atom stereocenters. The third kappa shape index (κ3) is 4.05. The maximum atomic E-state index is 6.21. The average molecular weight is 311 g/mol. The fourth-order valence-corrected chi connectivity index (χ4v) is 4.21. The van der Waals surface area contributed by atoms with E-state index in [9.17, 15) is 0 Å². The van der Waals surface area contributed by atoms with Gasteiger partial charge < -0.3 is 10.1 Å². The van der Waals surface area contributed by atoms with Gasteiger partial charge in [0, 0.05) is 18.0 Å². The second-order valence-corrected chi connectivity index (χ2v) is 7.22. The van der Waals surface area contributed by atoms with Gasteiger partial charge in [-0.3, -0.25) is 0 Å². The van der Waals surface area contributed by atoms with E-state index in [1.165, 1.54) is 23.5 Å². The summed E-state index contributed by atoms with van der Waals surface area (Å²) in [4.78, 5) is 4.93. The largest absolute Gasteiger partial charge is 0.368 e. The first-order chi connectivity index (χ1) is 10.1. The Morgan fingerprint density at radius 2 is 2.14 bits per heavy atom. The van der Waals surface area contributed by atoms with Gasteiger partial charge in [0.2, 0.25) is 0 Å². The summed E-state index contributed by atoms with van der Waals surface area (Å²) in [6.45, 7) is 10.7. The zero-order valence-corrected chi connectivity index (χ0v) is 14.8. The number of nitrogens with zero attached hydrogens (tertiary/aromatic N) is 1. The molecule has 1 aliphatic carbocycles. The van der Waals surface area contributed by atoms with Crippen molar-refractivity contribution in [3.63, 3.8) is 0 Å². The molecule has 1 aromatic rings. The zero-order valence-electron chi connectivity index (χ0n) is 13.9. The van der Waals surface area contributed by atoms with Crippen molar-refractivity contribution in [3.8, 4) is 0 Å². The summed E-state index contributed by atoms with van der Waals surface area (Å²) in [6.07, 6.45) is 5.89. The van der Waals surface area contributed by atoms with E-state index in [0.29, 0.717) is 6.04 Å². The molecule has 1 N–H and O–H groups in total. The number of rotatable bonds is 7. The molecule has 0 saturated heterocycles. The van der Waals surface area contributed by atoms with Crippen LogP contribution in [0.3, 0.4) is 0 Å². The van der Waals surface area contributed by atoms with E-state index in [1.807, 2.05) is 0 Å². The summed E-state index contributed by atoms with van der Waals surface area (Å²) in [5, 5.41) is 6.92. The van der Waals surface area contributed by atoms with Crippen LogP contribution in [0.2, 0.25) is 0 Å². The standard InChI is InChI=1S/C17H30N2OS/c1-5-11-18-14(4)15-12-21-16(19-15)17(20-6-2)9-7-13(3)8-10-17/h12-14,18H,5-11H2,1-4H3. The molecule has 1 saturated carbocycles. The van der Waals surface area contributed by atoms with Gasteiger partial charge in [0.15, 0.2) is 0 Å².